The number of benzene rings is 2. The number of hydrogen-bond donors (Lipinski definition) is 0. The molecule has 1 aromatic heterocycles. The topological polar surface area (TPSA) is 90.9 Å². The van der Waals surface area contributed by atoms with Crippen LogP contribution < -0.4 is 4.90 Å². The Balaban J connectivity index is 1.46. The second-order valence-corrected chi connectivity index (χ2v) is 11.7. The summed E-state index contributed by atoms with van der Waals surface area (Å²) in [6.45, 7) is 6.00. The molecule has 1 fully saturated rings. The average Bonchev–Trinajstić information content (AvgIpc) is 2.84. The fourth-order valence-electron chi connectivity index (χ4n) is 4.06. The zero-order valence-electron chi connectivity index (χ0n) is 18.8. The van der Waals surface area contributed by atoms with Gasteiger partial charge in [-0.25, -0.2) is 21.8 Å². The molecule has 0 bridgehead atoms. The van der Waals surface area contributed by atoms with E-state index >= 15 is 0 Å². The summed E-state index contributed by atoms with van der Waals surface area (Å²) in [7, 11) is -7.16. The fourth-order valence-corrected chi connectivity index (χ4v) is 6.92. The van der Waals surface area contributed by atoms with Crippen LogP contribution in [0.15, 0.2) is 70.6 Å². The maximum absolute atomic E-state index is 13.2. The predicted molar refractivity (Wildman–Crippen MR) is 129 cm³/mol. The summed E-state index contributed by atoms with van der Waals surface area (Å²) in [5, 5.41) is 1.89. The highest BCUT2D eigenvalue weighted by molar-refractivity contribution is 7.89. The molecule has 33 heavy (non-hydrogen) atoms. The van der Waals surface area contributed by atoms with Crippen LogP contribution in [0, 0.1) is 0 Å². The number of hydrogen-bond acceptors (Lipinski definition) is 6. The van der Waals surface area contributed by atoms with E-state index < -0.39 is 20.0 Å². The molecule has 0 amide bonds. The Labute approximate surface area is 195 Å². The summed E-state index contributed by atoms with van der Waals surface area (Å²) < 4.78 is 54.5. The largest absolute Gasteiger partial charge is 0.354 e. The van der Waals surface area contributed by atoms with Crippen LogP contribution in [-0.4, -0.2) is 69.7 Å². The Hall–Kier alpha value is -2.53. The van der Waals surface area contributed by atoms with Gasteiger partial charge in [-0.1, -0.05) is 44.2 Å². The molecule has 1 saturated heterocycles. The third kappa shape index (κ3) is 4.61. The molecule has 2 aromatic carbocycles. The summed E-state index contributed by atoms with van der Waals surface area (Å²) in [6, 6.07) is 16.1. The number of piperazine rings is 1. The van der Waals surface area contributed by atoms with Gasteiger partial charge in [0.15, 0.2) is 0 Å². The molecule has 0 atom stereocenters. The monoisotopic (exact) mass is 488 g/mol. The highest BCUT2D eigenvalue weighted by atomic mass is 32.2. The summed E-state index contributed by atoms with van der Waals surface area (Å²) in [4.78, 5) is 6.77. The SMILES string of the molecule is CCN(CC)S(=O)(=O)c1ccc(N2CCN(S(=O)(=O)c3ccc4ccccc4c3)CC2)nc1. The Morgan fingerprint density at radius 3 is 2.06 bits per heavy atom. The van der Waals surface area contributed by atoms with Crippen LogP contribution in [0.4, 0.5) is 5.82 Å². The van der Waals surface area contributed by atoms with Crippen LogP contribution in [0.25, 0.3) is 10.8 Å². The van der Waals surface area contributed by atoms with Crippen molar-refractivity contribution in [1.29, 1.82) is 0 Å². The van der Waals surface area contributed by atoms with Gasteiger partial charge in [-0.3, -0.25) is 0 Å². The van der Waals surface area contributed by atoms with Gasteiger partial charge in [0.1, 0.15) is 10.7 Å². The summed E-state index contributed by atoms with van der Waals surface area (Å²) in [5.74, 6) is 0.635. The molecule has 10 heteroatoms. The molecule has 4 rings (SSSR count). The number of nitrogens with zero attached hydrogens (tertiary/aromatic N) is 4. The van der Waals surface area contributed by atoms with Crippen molar-refractivity contribution in [3.8, 4) is 0 Å². The van der Waals surface area contributed by atoms with Crippen LogP contribution in [-0.2, 0) is 20.0 Å². The minimum Gasteiger partial charge on any atom is -0.354 e. The number of pyridine rings is 1. The van der Waals surface area contributed by atoms with E-state index in [9.17, 15) is 16.8 Å². The standard InChI is InChI=1S/C23H28N4O4S2/c1-3-26(4-2)33(30,31)22-11-12-23(24-18-22)25-13-15-27(16-14-25)32(28,29)21-10-9-19-7-5-6-8-20(19)17-21/h5-12,17-18H,3-4,13-16H2,1-2H3. The van der Waals surface area contributed by atoms with Crippen molar-refractivity contribution in [2.75, 3.05) is 44.2 Å². The lowest BCUT2D eigenvalue weighted by molar-refractivity contribution is 0.384. The van der Waals surface area contributed by atoms with E-state index in [4.69, 9.17) is 0 Å². The van der Waals surface area contributed by atoms with E-state index in [2.05, 4.69) is 4.98 Å². The van der Waals surface area contributed by atoms with Crippen LogP contribution in [0.5, 0.6) is 0 Å². The molecule has 0 radical (unpaired) electrons. The molecule has 0 N–H and O–H groups in total. The number of rotatable bonds is 7. The third-order valence-corrected chi connectivity index (χ3v) is 9.91. The number of anilines is 1. The Bertz CT molecular complexity index is 1330. The molecule has 0 aliphatic carbocycles. The molecule has 8 nitrogen and oxygen atoms in total. The second kappa shape index (κ2) is 9.38. The van der Waals surface area contributed by atoms with E-state index in [0.29, 0.717) is 50.0 Å². The second-order valence-electron chi connectivity index (χ2n) is 7.84. The van der Waals surface area contributed by atoms with Crippen molar-refractivity contribution in [1.82, 2.24) is 13.6 Å². The molecular formula is C23H28N4O4S2. The van der Waals surface area contributed by atoms with Gasteiger partial charge >= 0.3 is 0 Å². The minimum absolute atomic E-state index is 0.160. The first-order chi connectivity index (χ1) is 15.8. The normalized spacial score (nSPS) is 15.9. The van der Waals surface area contributed by atoms with Crippen molar-refractivity contribution in [2.24, 2.45) is 0 Å². The highest BCUT2D eigenvalue weighted by Gasteiger charge is 2.29. The maximum atomic E-state index is 13.2. The first-order valence-electron chi connectivity index (χ1n) is 11.0. The predicted octanol–water partition coefficient (Wildman–Crippen LogP) is 2.78. The van der Waals surface area contributed by atoms with Crippen molar-refractivity contribution in [2.45, 2.75) is 23.6 Å². The van der Waals surface area contributed by atoms with Gasteiger partial charge in [0, 0.05) is 45.5 Å². The first kappa shape index (κ1) is 23.6. The van der Waals surface area contributed by atoms with Crippen molar-refractivity contribution in [3.05, 3.63) is 60.8 Å². The molecule has 2 heterocycles. The first-order valence-corrected chi connectivity index (χ1v) is 13.9. The number of sulfonamides is 2. The Morgan fingerprint density at radius 2 is 1.45 bits per heavy atom. The molecule has 3 aromatic rings. The maximum Gasteiger partial charge on any atom is 0.244 e. The van der Waals surface area contributed by atoms with Gasteiger partial charge in [-0.15, -0.1) is 0 Å². The lowest BCUT2D eigenvalue weighted by atomic mass is 10.1. The quantitative estimate of drug-likeness (QED) is 0.508. The lowest BCUT2D eigenvalue weighted by Crippen LogP contribution is -2.48. The zero-order chi connectivity index (χ0) is 23.6. The van der Waals surface area contributed by atoms with E-state index in [-0.39, 0.29) is 4.90 Å². The highest BCUT2D eigenvalue weighted by Crippen LogP contribution is 2.24. The molecule has 1 aliphatic rings. The smallest absolute Gasteiger partial charge is 0.244 e. The molecular weight excluding hydrogens is 460 g/mol. The van der Waals surface area contributed by atoms with E-state index in [1.165, 1.54) is 14.8 Å². The summed E-state index contributed by atoms with van der Waals surface area (Å²) in [5.41, 5.74) is 0. The molecule has 1 aliphatic heterocycles. The van der Waals surface area contributed by atoms with Gasteiger partial charge in [0.05, 0.1) is 4.90 Å². The van der Waals surface area contributed by atoms with Gasteiger partial charge in [0.25, 0.3) is 0 Å². The average molecular weight is 489 g/mol. The third-order valence-electron chi connectivity index (χ3n) is 5.99. The van der Waals surface area contributed by atoms with Gasteiger partial charge in [-0.05, 0) is 35.0 Å². The van der Waals surface area contributed by atoms with Gasteiger partial charge < -0.3 is 4.90 Å². The Morgan fingerprint density at radius 1 is 0.818 bits per heavy atom. The van der Waals surface area contributed by atoms with Crippen LogP contribution in [0.1, 0.15) is 13.8 Å². The van der Waals surface area contributed by atoms with Crippen LogP contribution in [0.2, 0.25) is 0 Å². The molecule has 0 saturated carbocycles. The van der Waals surface area contributed by atoms with Crippen LogP contribution in [0.3, 0.4) is 0 Å². The Kier molecular flexibility index (Phi) is 6.71. The number of fused-ring (bicyclic) bond motifs is 1. The summed E-state index contributed by atoms with van der Waals surface area (Å²) in [6.07, 6.45) is 1.38. The lowest BCUT2D eigenvalue weighted by Gasteiger charge is -2.34. The van der Waals surface area contributed by atoms with Crippen LogP contribution >= 0.6 is 0 Å². The molecule has 0 unspecified atom stereocenters. The van der Waals surface area contributed by atoms with Gasteiger partial charge in [0.2, 0.25) is 20.0 Å². The number of aromatic nitrogens is 1. The molecule has 0 spiro atoms. The molecule has 176 valence electrons. The fraction of sp³-hybridized carbons (Fsp3) is 0.348. The minimum atomic E-state index is -3.60. The van der Waals surface area contributed by atoms with Crippen molar-refractivity contribution >= 4 is 36.6 Å². The van der Waals surface area contributed by atoms with Crippen molar-refractivity contribution in [3.63, 3.8) is 0 Å². The van der Waals surface area contributed by atoms with E-state index in [0.717, 1.165) is 10.8 Å². The van der Waals surface area contributed by atoms with Crippen molar-refractivity contribution < 1.29 is 16.8 Å². The van der Waals surface area contributed by atoms with Gasteiger partial charge in [-0.2, -0.15) is 8.61 Å². The van der Waals surface area contributed by atoms with E-state index in [1.807, 2.05) is 35.2 Å². The van der Waals surface area contributed by atoms with E-state index in [1.54, 1.807) is 38.1 Å². The summed E-state index contributed by atoms with van der Waals surface area (Å²) >= 11 is 0. The zero-order valence-corrected chi connectivity index (χ0v) is 20.4.